The summed E-state index contributed by atoms with van der Waals surface area (Å²) in [5.41, 5.74) is 1.46. The van der Waals surface area contributed by atoms with E-state index >= 15 is 0 Å². The smallest absolute Gasteiger partial charge is 0.261 e. The summed E-state index contributed by atoms with van der Waals surface area (Å²) in [6.07, 6.45) is 2.20. The van der Waals surface area contributed by atoms with Crippen LogP contribution in [0.2, 0.25) is 0 Å². The van der Waals surface area contributed by atoms with Gasteiger partial charge in [-0.1, -0.05) is 23.4 Å². The summed E-state index contributed by atoms with van der Waals surface area (Å²) < 4.78 is 10.2. The Labute approximate surface area is 121 Å². The van der Waals surface area contributed by atoms with E-state index in [2.05, 4.69) is 15.1 Å². The Morgan fingerprint density at radius 3 is 2.76 bits per heavy atom. The Hall–Kier alpha value is -2.89. The second kappa shape index (κ2) is 5.62. The average molecular weight is 283 g/mol. The average Bonchev–Trinajstić information content (AvgIpc) is 2.97. The Kier molecular flexibility index (Phi) is 3.51. The molecule has 0 radical (unpaired) electrons. The summed E-state index contributed by atoms with van der Waals surface area (Å²) in [4.78, 5) is 8.41. The van der Waals surface area contributed by atoms with E-state index in [9.17, 15) is 5.11 Å². The molecule has 0 bridgehead atoms. The highest BCUT2D eigenvalue weighted by molar-refractivity contribution is 5.61. The minimum Gasteiger partial charge on any atom is -0.507 e. The summed E-state index contributed by atoms with van der Waals surface area (Å²) in [5, 5.41) is 13.7. The fourth-order valence-electron chi connectivity index (χ4n) is 1.91. The number of nitrogens with zero attached hydrogens (tertiary/aromatic N) is 3. The van der Waals surface area contributed by atoms with Gasteiger partial charge in [-0.05, 0) is 17.7 Å². The zero-order valence-corrected chi connectivity index (χ0v) is 11.4. The predicted molar refractivity (Wildman–Crippen MR) is 75.0 cm³/mol. The van der Waals surface area contributed by atoms with E-state index in [1.165, 1.54) is 0 Å². The van der Waals surface area contributed by atoms with Crippen LogP contribution in [0.3, 0.4) is 0 Å². The first-order chi connectivity index (χ1) is 10.3. The first-order valence-electron chi connectivity index (χ1n) is 6.36. The molecule has 0 spiro atoms. The largest absolute Gasteiger partial charge is 0.507 e. The molecular weight excluding hydrogens is 270 g/mol. The third kappa shape index (κ3) is 2.84. The molecule has 0 aliphatic heterocycles. The molecule has 3 rings (SSSR count). The van der Waals surface area contributed by atoms with Crippen LogP contribution in [0.5, 0.6) is 11.6 Å². The van der Waals surface area contributed by atoms with Crippen molar-refractivity contribution in [2.24, 2.45) is 0 Å². The van der Waals surface area contributed by atoms with Gasteiger partial charge < -0.3 is 14.4 Å². The second-order valence-electron chi connectivity index (χ2n) is 4.42. The van der Waals surface area contributed by atoms with E-state index in [0.717, 1.165) is 5.56 Å². The first kappa shape index (κ1) is 13.1. The standard InChI is InChI=1S/C15H13N3O3/c1-20-14-7-6-10(9-16-14)8-13-17-15(21-18-13)11-4-2-3-5-12(11)19/h2-7,9,19H,8H2,1H3. The third-order valence-corrected chi connectivity index (χ3v) is 2.97. The maximum atomic E-state index is 9.77. The minimum atomic E-state index is 0.110. The van der Waals surface area contributed by atoms with Gasteiger partial charge in [-0.25, -0.2) is 4.98 Å². The Balaban J connectivity index is 1.80. The van der Waals surface area contributed by atoms with Gasteiger partial charge in [0, 0.05) is 18.7 Å². The Morgan fingerprint density at radius 1 is 1.19 bits per heavy atom. The molecule has 2 aromatic heterocycles. The van der Waals surface area contributed by atoms with E-state index in [1.54, 1.807) is 43.6 Å². The van der Waals surface area contributed by atoms with Gasteiger partial charge in [0.25, 0.3) is 5.89 Å². The van der Waals surface area contributed by atoms with Crippen LogP contribution in [0.4, 0.5) is 0 Å². The molecule has 6 nitrogen and oxygen atoms in total. The molecule has 1 N–H and O–H groups in total. The van der Waals surface area contributed by atoms with Gasteiger partial charge in [0.2, 0.25) is 5.88 Å². The Bertz CT molecular complexity index is 738. The zero-order chi connectivity index (χ0) is 14.7. The molecule has 0 saturated carbocycles. The van der Waals surface area contributed by atoms with Crippen molar-refractivity contribution in [3.05, 3.63) is 54.0 Å². The fourth-order valence-corrected chi connectivity index (χ4v) is 1.91. The van der Waals surface area contributed by atoms with Gasteiger partial charge >= 0.3 is 0 Å². The van der Waals surface area contributed by atoms with Gasteiger partial charge in [-0.3, -0.25) is 0 Å². The van der Waals surface area contributed by atoms with E-state index in [0.29, 0.717) is 29.6 Å². The van der Waals surface area contributed by atoms with Crippen LogP contribution in [-0.2, 0) is 6.42 Å². The molecular formula is C15H13N3O3. The molecule has 0 saturated heterocycles. The van der Waals surface area contributed by atoms with E-state index in [-0.39, 0.29) is 5.75 Å². The molecule has 0 atom stereocenters. The Morgan fingerprint density at radius 2 is 2.05 bits per heavy atom. The van der Waals surface area contributed by atoms with E-state index in [1.807, 2.05) is 6.07 Å². The number of para-hydroxylation sites is 1. The van der Waals surface area contributed by atoms with Crippen LogP contribution in [0.1, 0.15) is 11.4 Å². The van der Waals surface area contributed by atoms with Crippen molar-refractivity contribution in [3.63, 3.8) is 0 Å². The molecule has 6 heteroatoms. The third-order valence-electron chi connectivity index (χ3n) is 2.97. The molecule has 0 aliphatic rings. The monoisotopic (exact) mass is 283 g/mol. The van der Waals surface area contributed by atoms with Gasteiger partial charge in [-0.15, -0.1) is 0 Å². The highest BCUT2D eigenvalue weighted by Crippen LogP contribution is 2.27. The predicted octanol–water partition coefficient (Wildman–Crippen LogP) is 2.44. The summed E-state index contributed by atoms with van der Waals surface area (Å²) >= 11 is 0. The number of ether oxygens (including phenoxy) is 1. The number of phenols is 1. The summed E-state index contributed by atoms with van der Waals surface area (Å²) in [5.74, 6) is 1.49. The normalized spacial score (nSPS) is 10.5. The minimum absolute atomic E-state index is 0.110. The number of aromatic hydroxyl groups is 1. The van der Waals surface area contributed by atoms with Crippen LogP contribution in [0.25, 0.3) is 11.5 Å². The van der Waals surface area contributed by atoms with Crippen LogP contribution in [0.15, 0.2) is 47.1 Å². The van der Waals surface area contributed by atoms with Gasteiger partial charge in [0.15, 0.2) is 5.82 Å². The van der Waals surface area contributed by atoms with Gasteiger partial charge in [0.1, 0.15) is 5.75 Å². The van der Waals surface area contributed by atoms with Crippen LogP contribution in [0, 0.1) is 0 Å². The first-order valence-corrected chi connectivity index (χ1v) is 6.36. The lowest BCUT2D eigenvalue weighted by Crippen LogP contribution is -1.93. The molecule has 3 aromatic rings. The number of pyridine rings is 1. The number of rotatable bonds is 4. The van der Waals surface area contributed by atoms with Crippen molar-refractivity contribution in [3.8, 4) is 23.1 Å². The highest BCUT2D eigenvalue weighted by atomic mass is 16.5. The summed E-state index contributed by atoms with van der Waals surface area (Å²) in [6, 6.07) is 10.5. The molecule has 0 fully saturated rings. The SMILES string of the molecule is COc1ccc(Cc2noc(-c3ccccc3O)n2)cn1. The number of methoxy groups -OCH3 is 1. The highest BCUT2D eigenvalue weighted by Gasteiger charge is 2.12. The van der Waals surface area contributed by atoms with Crippen molar-refractivity contribution >= 4 is 0 Å². The number of phenolic OH excluding ortho intramolecular Hbond substituents is 1. The van der Waals surface area contributed by atoms with Crippen molar-refractivity contribution in [2.75, 3.05) is 7.11 Å². The molecule has 0 amide bonds. The van der Waals surface area contributed by atoms with Crippen molar-refractivity contribution < 1.29 is 14.4 Å². The molecule has 1 aromatic carbocycles. The van der Waals surface area contributed by atoms with Crippen LogP contribution >= 0.6 is 0 Å². The molecule has 0 aliphatic carbocycles. The fraction of sp³-hybridized carbons (Fsp3) is 0.133. The lowest BCUT2D eigenvalue weighted by Gasteiger charge is -1.99. The maximum absolute atomic E-state index is 9.77. The number of benzene rings is 1. The van der Waals surface area contributed by atoms with Gasteiger partial charge in [0.05, 0.1) is 12.7 Å². The lowest BCUT2D eigenvalue weighted by atomic mass is 10.2. The van der Waals surface area contributed by atoms with E-state index in [4.69, 9.17) is 9.26 Å². The molecule has 21 heavy (non-hydrogen) atoms. The van der Waals surface area contributed by atoms with Gasteiger partial charge in [-0.2, -0.15) is 4.98 Å². The van der Waals surface area contributed by atoms with Crippen molar-refractivity contribution in [1.82, 2.24) is 15.1 Å². The summed E-state index contributed by atoms with van der Waals surface area (Å²) in [6.45, 7) is 0. The van der Waals surface area contributed by atoms with E-state index < -0.39 is 0 Å². The molecule has 106 valence electrons. The maximum Gasteiger partial charge on any atom is 0.261 e. The number of aromatic nitrogens is 3. The number of hydrogen-bond donors (Lipinski definition) is 1. The second-order valence-corrected chi connectivity index (χ2v) is 4.42. The van der Waals surface area contributed by atoms with Crippen LogP contribution in [-0.4, -0.2) is 27.3 Å². The quantitative estimate of drug-likeness (QED) is 0.792. The van der Waals surface area contributed by atoms with Crippen molar-refractivity contribution in [2.45, 2.75) is 6.42 Å². The zero-order valence-electron chi connectivity index (χ0n) is 11.4. The molecule has 0 unspecified atom stereocenters. The lowest BCUT2D eigenvalue weighted by molar-refractivity contribution is 0.397. The number of hydrogen-bond acceptors (Lipinski definition) is 6. The topological polar surface area (TPSA) is 81.3 Å². The van der Waals surface area contributed by atoms with Crippen LogP contribution < -0.4 is 4.74 Å². The van der Waals surface area contributed by atoms with Crippen molar-refractivity contribution in [1.29, 1.82) is 0 Å². The summed E-state index contributed by atoms with van der Waals surface area (Å²) in [7, 11) is 1.57. The molecule has 2 heterocycles.